The summed E-state index contributed by atoms with van der Waals surface area (Å²) >= 11 is 11.1. The number of fused-ring (bicyclic) bond motifs is 1. The summed E-state index contributed by atoms with van der Waals surface area (Å²) in [6.45, 7) is 4.85. The summed E-state index contributed by atoms with van der Waals surface area (Å²) in [7, 11) is 0. The number of likely N-dealkylation sites (tertiary alicyclic amines) is 1. The number of aromatic amines is 1. The molecule has 0 aliphatic carbocycles. The molecule has 2 N–H and O–H groups in total. The van der Waals surface area contributed by atoms with Gasteiger partial charge in [0.25, 0.3) is 0 Å². The molecule has 2 saturated heterocycles. The quantitative estimate of drug-likeness (QED) is 0.183. The van der Waals surface area contributed by atoms with Gasteiger partial charge in [0.15, 0.2) is 0 Å². The summed E-state index contributed by atoms with van der Waals surface area (Å²) in [6, 6.07) is 18.9. The number of nitrogens with one attached hydrogen (secondary N) is 2. The number of hydrogen-bond donors (Lipinski definition) is 2. The highest BCUT2D eigenvalue weighted by atomic mass is 79.9. The summed E-state index contributed by atoms with van der Waals surface area (Å²) in [5.74, 6) is -0.700. The molecule has 230 valence electrons. The number of H-pyrrole nitrogens is 1. The molecule has 0 unspecified atom stereocenters. The van der Waals surface area contributed by atoms with Gasteiger partial charge in [-0.05, 0) is 67.1 Å². The van der Waals surface area contributed by atoms with E-state index < -0.39 is 10.8 Å². The highest BCUT2D eigenvalue weighted by molar-refractivity contribution is 9.10. The van der Waals surface area contributed by atoms with Crippen LogP contribution in [0, 0.1) is 5.82 Å². The number of carbonyl (C=O) groups is 2. The molecular weight excluding hydrogens is 667 g/mol. The zero-order valence-electron chi connectivity index (χ0n) is 24.0. The minimum atomic E-state index is -1.22. The molecule has 0 saturated carbocycles. The van der Waals surface area contributed by atoms with E-state index in [1.807, 2.05) is 53.6 Å². The third-order valence-electron chi connectivity index (χ3n) is 8.26. The number of aromatic nitrogens is 1. The Bertz CT molecular complexity index is 1630. The van der Waals surface area contributed by atoms with Gasteiger partial charge < -0.3 is 19.9 Å². The molecule has 3 aromatic carbocycles. The molecule has 0 spiro atoms. The van der Waals surface area contributed by atoms with Gasteiger partial charge in [0.2, 0.25) is 11.8 Å². The highest BCUT2D eigenvalue weighted by Gasteiger charge is 2.58. The second-order valence-electron chi connectivity index (χ2n) is 11.2. The molecule has 2 fully saturated rings. The Kier molecular flexibility index (Phi) is 9.63. The molecule has 2 aliphatic rings. The smallest absolute Gasteiger partial charge is 0.239 e. The van der Waals surface area contributed by atoms with Crippen LogP contribution < -0.4 is 5.32 Å². The van der Waals surface area contributed by atoms with Crippen LogP contribution in [0.3, 0.4) is 0 Å². The van der Waals surface area contributed by atoms with E-state index in [4.69, 9.17) is 16.3 Å². The highest BCUT2D eigenvalue weighted by Crippen LogP contribution is 2.54. The Morgan fingerprint density at radius 2 is 1.86 bits per heavy atom. The van der Waals surface area contributed by atoms with Crippen LogP contribution in [-0.2, 0) is 20.9 Å². The van der Waals surface area contributed by atoms with Crippen molar-refractivity contribution in [2.45, 2.75) is 35.1 Å². The molecule has 2 aliphatic heterocycles. The fourth-order valence-electron chi connectivity index (χ4n) is 6.09. The van der Waals surface area contributed by atoms with Crippen LogP contribution >= 0.6 is 39.3 Å². The summed E-state index contributed by atoms with van der Waals surface area (Å²) in [4.78, 5) is 36.7. The number of amides is 2. The van der Waals surface area contributed by atoms with Crippen molar-refractivity contribution < 1.29 is 18.7 Å². The van der Waals surface area contributed by atoms with Crippen molar-refractivity contribution >= 4 is 62.0 Å². The summed E-state index contributed by atoms with van der Waals surface area (Å²) in [5.41, 5.74) is 2.60. The van der Waals surface area contributed by atoms with Gasteiger partial charge in [-0.3, -0.25) is 14.5 Å². The fraction of sp³-hybridized carbons (Fsp3) is 0.333. The Labute approximate surface area is 273 Å². The molecular formula is C33H33BrClFN4O3S. The minimum Gasteiger partial charge on any atom is -0.379 e. The lowest BCUT2D eigenvalue weighted by Crippen LogP contribution is -2.48. The van der Waals surface area contributed by atoms with E-state index in [-0.39, 0.29) is 24.1 Å². The average molecular weight is 700 g/mol. The lowest BCUT2D eigenvalue weighted by molar-refractivity contribution is -0.129. The Balaban J connectivity index is 1.39. The number of thioether (sulfide) groups is 1. The first kappa shape index (κ1) is 31.1. The molecule has 11 heteroatoms. The van der Waals surface area contributed by atoms with Gasteiger partial charge in [-0.25, -0.2) is 4.39 Å². The molecule has 2 amide bonds. The molecule has 0 radical (unpaired) electrons. The van der Waals surface area contributed by atoms with Crippen molar-refractivity contribution in [1.82, 2.24) is 20.1 Å². The number of morpholine rings is 1. The maximum absolute atomic E-state index is 14.5. The standard InChI is InChI=1S/C33H33BrClFN4O3S/c34-23-4-2-22(3-5-23)21-40-30(41)19-33(44-26-9-7-25(36)8-10-26,32(42)37-12-1-13-39-14-16-43-17-15-39)31(40)28-20-38-29-18-24(35)6-11-27(28)29/h2-11,18,20,31,38H,1,12-17,19,21H2,(H,37,42)/t31-,33-/m0/s1. The third-order valence-corrected chi connectivity index (χ3v) is 10.5. The number of nitrogens with zero attached hydrogens (tertiary/aromatic N) is 2. The molecule has 2 atom stereocenters. The van der Waals surface area contributed by atoms with Crippen LogP contribution in [0.15, 0.2) is 82.3 Å². The normalized spacial score (nSPS) is 20.8. The van der Waals surface area contributed by atoms with Crippen molar-refractivity contribution in [3.8, 4) is 0 Å². The van der Waals surface area contributed by atoms with Crippen LogP contribution in [-0.4, -0.2) is 70.7 Å². The molecule has 0 bridgehead atoms. The van der Waals surface area contributed by atoms with Crippen molar-refractivity contribution in [3.63, 3.8) is 0 Å². The summed E-state index contributed by atoms with van der Waals surface area (Å²) in [5, 5.41) is 4.67. The van der Waals surface area contributed by atoms with Gasteiger partial charge in [0.05, 0.1) is 25.7 Å². The number of halogens is 3. The van der Waals surface area contributed by atoms with Gasteiger partial charge in [-0.2, -0.15) is 0 Å². The van der Waals surface area contributed by atoms with Gasteiger partial charge in [-0.1, -0.05) is 45.7 Å². The van der Waals surface area contributed by atoms with Gasteiger partial charge in [0.1, 0.15) is 10.6 Å². The molecule has 1 aromatic heterocycles. The lowest BCUT2D eigenvalue weighted by Gasteiger charge is -2.36. The number of rotatable bonds is 10. The summed E-state index contributed by atoms with van der Waals surface area (Å²) in [6.07, 6.45) is 2.64. The average Bonchev–Trinajstić information content (AvgIpc) is 3.55. The molecule has 3 heterocycles. The number of hydrogen-bond acceptors (Lipinski definition) is 5. The van der Waals surface area contributed by atoms with E-state index in [1.54, 1.807) is 12.1 Å². The predicted molar refractivity (Wildman–Crippen MR) is 175 cm³/mol. The van der Waals surface area contributed by atoms with Crippen molar-refractivity contribution in [1.29, 1.82) is 0 Å². The first-order valence-corrected chi connectivity index (χ1v) is 16.6. The van der Waals surface area contributed by atoms with E-state index >= 15 is 0 Å². The summed E-state index contributed by atoms with van der Waals surface area (Å²) < 4.78 is 19.1. The predicted octanol–water partition coefficient (Wildman–Crippen LogP) is 6.57. The third kappa shape index (κ3) is 6.70. The number of benzene rings is 3. The monoisotopic (exact) mass is 698 g/mol. The number of carbonyl (C=O) groups excluding carboxylic acids is 2. The largest absolute Gasteiger partial charge is 0.379 e. The number of ether oxygens (including phenoxy) is 1. The van der Waals surface area contributed by atoms with Crippen LogP contribution in [0.2, 0.25) is 5.02 Å². The molecule has 44 heavy (non-hydrogen) atoms. The van der Waals surface area contributed by atoms with Gasteiger partial charge >= 0.3 is 0 Å². The SMILES string of the molecule is O=C1C[C@@](Sc2ccc(F)cc2)(C(=O)NCCCN2CCOCC2)[C@H](c2c[nH]c3cc(Cl)ccc23)N1Cc1ccc(Br)cc1. The van der Waals surface area contributed by atoms with E-state index in [2.05, 4.69) is 31.1 Å². The lowest BCUT2D eigenvalue weighted by atomic mass is 9.91. The fourth-order valence-corrected chi connectivity index (χ4v) is 7.94. The topological polar surface area (TPSA) is 77.7 Å². The molecule has 6 rings (SSSR count). The maximum Gasteiger partial charge on any atom is 0.239 e. The second-order valence-corrected chi connectivity index (χ2v) is 13.9. The Morgan fingerprint density at radius 3 is 2.61 bits per heavy atom. The van der Waals surface area contributed by atoms with Crippen LogP contribution in [0.25, 0.3) is 10.9 Å². The Morgan fingerprint density at radius 1 is 1.11 bits per heavy atom. The zero-order chi connectivity index (χ0) is 30.7. The van der Waals surface area contributed by atoms with Crippen LogP contribution in [0.1, 0.15) is 30.0 Å². The van der Waals surface area contributed by atoms with E-state index in [0.29, 0.717) is 23.0 Å². The molecule has 4 aromatic rings. The first-order valence-electron chi connectivity index (χ1n) is 14.7. The first-order chi connectivity index (χ1) is 21.3. The minimum absolute atomic E-state index is 0.00814. The van der Waals surface area contributed by atoms with Crippen LogP contribution in [0.5, 0.6) is 0 Å². The van der Waals surface area contributed by atoms with Crippen LogP contribution in [0.4, 0.5) is 4.39 Å². The Hall–Kier alpha value is -2.89. The van der Waals surface area contributed by atoms with E-state index in [0.717, 1.165) is 65.8 Å². The van der Waals surface area contributed by atoms with E-state index in [9.17, 15) is 14.0 Å². The van der Waals surface area contributed by atoms with E-state index in [1.165, 1.54) is 23.9 Å². The van der Waals surface area contributed by atoms with Crippen molar-refractivity contribution in [2.24, 2.45) is 0 Å². The second kappa shape index (κ2) is 13.6. The van der Waals surface area contributed by atoms with Gasteiger partial charge in [-0.15, -0.1) is 11.8 Å². The maximum atomic E-state index is 14.5. The van der Waals surface area contributed by atoms with Crippen molar-refractivity contribution in [3.05, 3.63) is 99.4 Å². The molecule has 7 nitrogen and oxygen atoms in total. The van der Waals surface area contributed by atoms with Gasteiger partial charge in [0, 0.05) is 63.2 Å². The van der Waals surface area contributed by atoms with Crippen molar-refractivity contribution in [2.75, 3.05) is 39.4 Å². The zero-order valence-corrected chi connectivity index (χ0v) is 27.2.